The number of amides is 1. The van der Waals surface area contributed by atoms with E-state index in [2.05, 4.69) is 52.9 Å². The molecule has 1 aliphatic rings. The number of nitrogens with one attached hydrogen (secondary N) is 1. The highest BCUT2D eigenvalue weighted by molar-refractivity contribution is 7.80. The molecule has 0 aromatic rings. The van der Waals surface area contributed by atoms with Crippen molar-refractivity contribution in [1.82, 2.24) is 5.32 Å². The van der Waals surface area contributed by atoms with Crippen molar-refractivity contribution in [1.29, 1.82) is 0 Å². The molecule has 1 aliphatic heterocycles. The molecule has 0 aromatic heterocycles. The van der Waals surface area contributed by atoms with Gasteiger partial charge in [-0.25, -0.2) is 4.18 Å². The van der Waals surface area contributed by atoms with Crippen molar-refractivity contribution in [2.45, 2.75) is 262 Å². The zero-order valence-corrected chi connectivity index (χ0v) is 43.1. The highest BCUT2D eigenvalue weighted by Crippen LogP contribution is 2.26. The predicted octanol–water partition coefficient (Wildman–Crippen LogP) is 10.8. The second-order valence-corrected chi connectivity index (χ2v) is 19.6. The molecule has 0 spiro atoms. The molecule has 1 heterocycles. The van der Waals surface area contributed by atoms with Gasteiger partial charge in [-0.15, -0.1) is 0 Å². The van der Waals surface area contributed by atoms with Crippen LogP contribution in [0.4, 0.5) is 0 Å². The normalized spacial score (nSPS) is 20.7. The molecule has 0 radical (unpaired) electrons. The van der Waals surface area contributed by atoms with Crippen LogP contribution in [0.1, 0.15) is 213 Å². The van der Waals surface area contributed by atoms with Crippen molar-refractivity contribution in [3.8, 4) is 0 Å². The second-order valence-electron chi connectivity index (χ2n) is 18.6. The standard InChI is InChI=1S/C54H97NO12S/c1-3-5-7-9-11-13-14-15-16-17-18-19-20-21-22-23-24-25-26-27-28-29-30-31-32-33-35-37-39-41-43-48(58)53(61)55-46(47(57)42-40-38-36-34-12-10-8-6-4-2)45-65-54-51(60)52(67-68(62,63)64)50(59)49(44-56)66-54/h4,6,12,18-19,21-22,34,40,42,46-52,54,56-60H,3,5,7-11,13-17,20,23-33,35-39,41,43-45H2,1-2H3,(H,55,61)(H,62,63,64)/b6-4+,19-18-,22-21-,34-12+,42-40+. The van der Waals surface area contributed by atoms with Crippen LogP contribution in [0.3, 0.4) is 0 Å². The lowest BCUT2D eigenvalue weighted by Gasteiger charge is -2.41. The molecular formula is C54H97NO12S. The van der Waals surface area contributed by atoms with Crippen LogP contribution < -0.4 is 5.32 Å². The van der Waals surface area contributed by atoms with Crippen molar-refractivity contribution < 1.29 is 57.0 Å². The molecule has 1 saturated heterocycles. The van der Waals surface area contributed by atoms with E-state index in [9.17, 15) is 43.3 Å². The van der Waals surface area contributed by atoms with E-state index < -0.39 is 78.5 Å². The highest BCUT2D eigenvalue weighted by Gasteiger charge is 2.48. The summed E-state index contributed by atoms with van der Waals surface area (Å²) < 4.78 is 47.4. The van der Waals surface area contributed by atoms with Crippen molar-refractivity contribution in [2.24, 2.45) is 0 Å². The van der Waals surface area contributed by atoms with Gasteiger partial charge >= 0.3 is 10.4 Å². The van der Waals surface area contributed by atoms with Gasteiger partial charge in [0, 0.05) is 0 Å². The predicted molar refractivity (Wildman–Crippen MR) is 274 cm³/mol. The molecule has 1 rings (SSSR count). The van der Waals surface area contributed by atoms with Crippen LogP contribution in [0.15, 0.2) is 60.8 Å². The zero-order valence-electron chi connectivity index (χ0n) is 42.3. The number of allylic oxidation sites excluding steroid dienone is 9. The van der Waals surface area contributed by atoms with Crippen molar-refractivity contribution in [3.63, 3.8) is 0 Å². The largest absolute Gasteiger partial charge is 0.397 e. The molecular weight excluding hydrogens is 887 g/mol. The zero-order chi connectivity index (χ0) is 49.9. The summed E-state index contributed by atoms with van der Waals surface area (Å²) in [6.45, 7) is 2.95. The van der Waals surface area contributed by atoms with E-state index in [-0.39, 0.29) is 6.42 Å². The van der Waals surface area contributed by atoms with Crippen molar-refractivity contribution in [3.05, 3.63) is 60.8 Å². The minimum Gasteiger partial charge on any atom is -0.394 e. The van der Waals surface area contributed by atoms with E-state index in [0.29, 0.717) is 12.8 Å². The topological polar surface area (TPSA) is 212 Å². The Kier molecular flexibility index (Phi) is 40.8. The molecule has 14 heteroatoms. The third kappa shape index (κ3) is 35.0. The average molecular weight is 984 g/mol. The molecule has 0 aliphatic carbocycles. The molecule has 7 N–H and O–H groups in total. The Bertz CT molecular complexity index is 1450. The van der Waals surface area contributed by atoms with Crippen LogP contribution in [-0.4, -0.2) is 107 Å². The molecule has 0 saturated carbocycles. The Morgan fingerprint density at radius 1 is 0.632 bits per heavy atom. The van der Waals surface area contributed by atoms with Crippen molar-refractivity contribution in [2.75, 3.05) is 13.2 Å². The number of rotatable bonds is 45. The Morgan fingerprint density at radius 3 is 1.57 bits per heavy atom. The third-order valence-electron chi connectivity index (χ3n) is 12.5. The van der Waals surface area contributed by atoms with Crippen LogP contribution in [0.2, 0.25) is 0 Å². The molecule has 1 fully saturated rings. The first kappa shape index (κ1) is 63.8. The molecule has 68 heavy (non-hydrogen) atoms. The van der Waals surface area contributed by atoms with E-state index in [1.807, 2.05) is 19.1 Å². The summed E-state index contributed by atoms with van der Waals surface area (Å²) in [6.07, 6.45) is 45.1. The van der Waals surface area contributed by atoms with Gasteiger partial charge < -0.3 is 40.3 Å². The fraction of sp³-hybridized carbons (Fsp3) is 0.796. The lowest BCUT2D eigenvalue weighted by Crippen LogP contribution is -2.61. The Hall–Kier alpha value is -2.24. The smallest absolute Gasteiger partial charge is 0.394 e. The fourth-order valence-corrected chi connectivity index (χ4v) is 8.75. The number of aliphatic hydroxyl groups excluding tert-OH is 5. The Balaban J connectivity index is 2.29. The van der Waals surface area contributed by atoms with Gasteiger partial charge in [0.2, 0.25) is 5.91 Å². The number of aliphatic hydroxyl groups is 5. The van der Waals surface area contributed by atoms with Gasteiger partial charge in [-0.1, -0.05) is 203 Å². The van der Waals surface area contributed by atoms with Gasteiger partial charge in [0.15, 0.2) is 6.29 Å². The van der Waals surface area contributed by atoms with Gasteiger partial charge in [-0.05, 0) is 71.1 Å². The lowest BCUT2D eigenvalue weighted by atomic mass is 9.99. The first-order valence-electron chi connectivity index (χ1n) is 26.7. The van der Waals surface area contributed by atoms with Crippen molar-refractivity contribution >= 4 is 16.3 Å². The number of hydrogen-bond acceptors (Lipinski definition) is 11. The van der Waals surface area contributed by atoms with E-state index in [0.717, 1.165) is 44.9 Å². The van der Waals surface area contributed by atoms with Gasteiger partial charge in [0.1, 0.15) is 30.5 Å². The van der Waals surface area contributed by atoms with Crippen LogP contribution >= 0.6 is 0 Å². The Labute approximate surface area is 412 Å². The highest BCUT2D eigenvalue weighted by atomic mass is 32.3. The minimum absolute atomic E-state index is 0.231. The SMILES string of the molecule is C/C=C/CC/C=C/CC/C=C/C(O)C(COC1OC(CO)C(O)C(OS(=O)(=O)O)C1O)NC(=O)C(O)CCCCCCCCCCCCCCCC/C=C\C/C=C\CCCCCCCCCCC. The van der Waals surface area contributed by atoms with E-state index in [1.54, 1.807) is 6.08 Å². The van der Waals surface area contributed by atoms with Gasteiger partial charge in [-0.2, -0.15) is 8.42 Å². The Morgan fingerprint density at radius 2 is 1.09 bits per heavy atom. The molecule has 396 valence electrons. The summed E-state index contributed by atoms with van der Waals surface area (Å²) in [6, 6.07) is -1.14. The van der Waals surface area contributed by atoms with Gasteiger partial charge in [-0.3, -0.25) is 9.35 Å². The lowest BCUT2D eigenvalue weighted by molar-refractivity contribution is -0.298. The summed E-state index contributed by atoms with van der Waals surface area (Å²) in [5.74, 6) is -0.720. The van der Waals surface area contributed by atoms with Crippen LogP contribution in [-0.2, 0) is 28.9 Å². The van der Waals surface area contributed by atoms with Crippen LogP contribution in [0.5, 0.6) is 0 Å². The van der Waals surface area contributed by atoms with Crippen LogP contribution in [0.25, 0.3) is 0 Å². The summed E-state index contributed by atoms with van der Waals surface area (Å²) in [4.78, 5) is 13.1. The molecule has 8 unspecified atom stereocenters. The average Bonchev–Trinajstić information content (AvgIpc) is 3.31. The number of ether oxygens (including phenoxy) is 2. The summed E-state index contributed by atoms with van der Waals surface area (Å²) in [5.41, 5.74) is 0. The number of hydrogen-bond donors (Lipinski definition) is 7. The quantitative estimate of drug-likeness (QED) is 0.0173. The molecule has 8 atom stereocenters. The second kappa shape index (κ2) is 43.5. The maximum atomic E-state index is 13.1. The number of carbonyl (C=O) groups is 1. The van der Waals surface area contributed by atoms with Gasteiger partial charge in [0.25, 0.3) is 0 Å². The maximum Gasteiger partial charge on any atom is 0.397 e. The van der Waals surface area contributed by atoms with Crippen LogP contribution in [0, 0.1) is 0 Å². The fourth-order valence-electron chi connectivity index (χ4n) is 8.24. The summed E-state index contributed by atoms with van der Waals surface area (Å²) in [5, 5.41) is 55.1. The number of carbonyl (C=O) groups excluding carboxylic acids is 1. The number of unbranched alkanes of at least 4 members (excludes halogenated alkanes) is 25. The molecule has 13 nitrogen and oxygen atoms in total. The molecule has 1 amide bonds. The third-order valence-corrected chi connectivity index (χ3v) is 12.9. The summed E-state index contributed by atoms with van der Waals surface area (Å²) in [7, 11) is -5.12. The molecule has 0 aromatic carbocycles. The van der Waals surface area contributed by atoms with Gasteiger partial charge in [0.05, 0.1) is 25.4 Å². The molecule has 0 bridgehead atoms. The van der Waals surface area contributed by atoms with E-state index in [4.69, 9.17) is 9.47 Å². The first-order chi connectivity index (χ1) is 32.9. The summed E-state index contributed by atoms with van der Waals surface area (Å²) >= 11 is 0. The first-order valence-corrected chi connectivity index (χ1v) is 28.1. The minimum atomic E-state index is -5.12. The van der Waals surface area contributed by atoms with E-state index >= 15 is 0 Å². The van der Waals surface area contributed by atoms with E-state index in [1.165, 1.54) is 141 Å². The monoisotopic (exact) mass is 984 g/mol. The maximum absolute atomic E-state index is 13.1.